The molecule has 1 aliphatic rings. The molecule has 1 aromatic rings. The molecule has 0 atom stereocenters. The van der Waals surface area contributed by atoms with Gasteiger partial charge in [0.05, 0.1) is 0 Å². The van der Waals surface area contributed by atoms with Gasteiger partial charge in [0.1, 0.15) is 0 Å². The SMILES string of the molecule is CCC1(CC)CSc2ccccc2C1. The van der Waals surface area contributed by atoms with Gasteiger partial charge in [-0.25, -0.2) is 0 Å². The van der Waals surface area contributed by atoms with E-state index in [1.807, 2.05) is 11.8 Å². The van der Waals surface area contributed by atoms with Gasteiger partial charge in [-0.1, -0.05) is 32.0 Å². The Morgan fingerprint density at radius 3 is 2.64 bits per heavy atom. The average molecular weight is 206 g/mol. The first kappa shape index (κ1) is 10.1. The van der Waals surface area contributed by atoms with Crippen molar-refractivity contribution in [3.8, 4) is 0 Å². The van der Waals surface area contributed by atoms with Crippen LogP contribution >= 0.6 is 11.8 Å². The highest BCUT2D eigenvalue weighted by Gasteiger charge is 2.31. The molecule has 1 aliphatic heterocycles. The first-order chi connectivity index (χ1) is 6.79. The molecule has 0 unspecified atom stereocenters. The molecule has 0 aliphatic carbocycles. The Kier molecular flexibility index (Phi) is 2.87. The van der Waals surface area contributed by atoms with Gasteiger partial charge in [0, 0.05) is 10.6 Å². The molecule has 0 spiro atoms. The van der Waals surface area contributed by atoms with Gasteiger partial charge in [0.25, 0.3) is 0 Å². The van der Waals surface area contributed by atoms with Crippen LogP contribution in [0.2, 0.25) is 0 Å². The van der Waals surface area contributed by atoms with Crippen molar-refractivity contribution in [1.29, 1.82) is 0 Å². The van der Waals surface area contributed by atoms with Crippen LogP contribution in [-0.4, -0.2) is 5.75 Å². The Labute approximate surface area is 91.1 Å². The molecule has 0 aromatic heterocycles. The van der Waals surface area contributed by atoms with Crippen LogP contribution in [0.1, 0.15) is 32.3 Å². The van der Waals surface area contributed by atoms with Gasteiger partial charge in [0.15, 0.2) is 0 Å². The average Bonchev–Trinajstić information content (AvgIpc) is 2.28. The van der Waals surface area contributed by atoms with Crippen LogP contribution in [0.15, 0.2) is 29.2 Å². The Morgan fingerprint density at radius 1 is 1.21 bits per heavy atom. The van der Waals surface area contributed by atoms with E-state index >= 15 is 0 Å². The third kappa shape index (κ3) is 1.70. The van der Waals surface area contributed by atoms with E-state index in [9.17, 15) is 0 Å². The molecule has 0 saturated heterocycles. The van der Waals surface area contributed by atoms with Crippen molar-refractivity contribution in [3.63, 3.8) is 0 Å². The molecule has 0 N–H and O–H groups in total. The summed E-state index contributed by atoms with van der Waals surface area (Å²) in [5.74, 6) is 1.30. The molecule has 0 amide bonds. The van der Waals surface area contributed by atoms with Crippen molar-refractivity contribution in [2.75, 3.05) is 5.75 Å². The van der Waals surface area contributed by atoms with E-state index in [1.165, 1.54) is 29.9 Å². The van der Waals surface area contributed by atoms with Crippen molar-refractivity contribution in [2.24, 2.45) is 5.41 Å². The zero-order valence-electron chi connectivity index (χ0n) is 9.05. The Bertz CT molecular complexity index is 313. The fourth-order valence-corrected chi connectivity index (χ4v) is 3.65. The molecule has 1 heteroatoms. The minimum absolute atomic E-state index is 0.568. The summed E-state index contributed by atoms with van der Waals surface area (Å²) in [5.41, 5.74) is 2.13. The summed E-state index contributed by atoms with van der Waals surface area (Å²) in [5, 5.41) is 0. The van der Waals surface area contributed by atoms with Crippen LogP contribution in [0, 0.1) is 5.41 Å². The predicted molar refractivity (Wildman–Crippen MR) is 63.9 cm³/mol. The molecular formula is C13H18S. The second-order valence-electron chi connectivity index (χ2n) is 4.28. The summed E-state index contributed by atoms with van der Waals surface area (Å²) in [6.07, 6.45) is 3.90. The van der Waals surface area contributed by atoms with Crippen molar-refractivity contribution < 1.29 is 0 Å². The minimum atomic E-state index is 0.568. The number of thioether (sulfide) groups is 1. The van der Waals surface area contributed by atoms with Gasteiger partial charge >= 0.3 is 0 Å². The number of hydrogen-bond donors (Lipinski definition) is 0. The molecule has 0 fully saturated rings. The lowest BCUT2D eigenvalue weighted by molar-refractivity contribution is 0.298. The molecule has 2 rings (SSSR count). The van der Waals surface area contributed by atoms with Crippen LogP contribution in [0.3, 0.4) is 0 Å². The van der Waals surface area contributed by atoms with Crippen LogP contribution < -0.4 is 0 Å². The fraction of sp³-hybridized carbons (Fsp3) is 0.538. The van der Waals surface area contributed by atoms with Crippen molar-refractivity contribution in [3.05, 3.63) is 29.8 Å². The lowest BCUT2D eigenvalue weighted by Gasteiger charge is -2.36. The summed E-state index contributed by atoms with van der Waals surface area (Å²) in [7, 11) is 0. The molecule has 76 valence electrons. The largest absolute Gasteiger partial charge is 0.125 e. The summed E-state index contributed by atoms with van der Waals surface area (Å²) < 4.78 is 0. The van der Waals surface area contributed by atoms with E-state index in [-0.39, 0.29) is 0 Å². The van der Waals surface area contributed by atoms with Gasteiger partial charge in [0.2, 0.25) is 0 Å². The number of fused-ring (bicyclic) bond motifs is 1. The number of hydrogen-bond acceptors (Lipinski definition) is 1. The van der Waals surface area contributed by atoms with Gasteiger partial charge in [-0.15, -0.1) is 11.8 Å². The Balaban J connectivity index is 2.28. The van der Waals surface area contributed by atoms with Gasteiger partial charge in [-0.05, 0) is 36.3 Å². The molecule has 0 nitrogen and oxygen atoms in total. The third-order valence-electron chi connectivity index (χ3n) is 3.57. The van der Waals surface area contributed by atoms with E-state index in [0.717, 1.165) is 0 Å². The van der Waals surface area contributed by atoms with Gasteiger partial charge in [-0.2, -0.15) is 0 Å². The summed E-state index contributed by atoms with van der Waals surface area (Å²) in [4.78, 5) is 1.50. The van der Waals surface area contributed by atoms with E-state index in [2.05, 4.69) is 38.1 Å². The highest BCUT2D eigenvalue weighted by Crippen LogP contribution is 2.43. The van der Waals surface area contributed by atoms with Crippen molar-refractivity contribution in [1.82, 2.24) is 0 Å². The molecule has 1 aromatic carbocycles. The monoisotopic (exact) mass is 206 g/mol. The molecule has 0 saturated carbocycles. The van der Waals surface area contributed by atoms with E-state index in [4.69, 9.17) is 0 Å². The minimum Gasteiger partial charge on any atom is -0.125 e. The summed E-state index contributed by atoms with van der Waals surface area (Å²) in [6, 6.07) is 8.87. The van der Waals surface area contributed by atoms with Crippen molar-refractivity contribution >= 4 is 11.8 Å². The van der Waals surface area contributed by atoms with Gasteiger partial charge in [-0.3, -0.25) is 0 Å². The quantitative estimate of drug-likeness (QED) is 0.700. The normalized spacial score (nSPS) is 19.0. The van der Waals surface area contributed by atoms with Crippen LogP contribution in [0.4, 0.5) is 0 Å². The highest BCUT2D eigenvalue weighted by atomic mass is 32.2. The molecule has 0 bridgehead atoms. The van der Waals surface area contributed by atoms with Crippen LogP contribution in [0.25, 0.3) is 0 Å². The maximum absolute atomic E-state index is 2.33. The Hall–Kier alpha value is -0.430. The first-order valence-electron chi connectivity index (χ1n) is 5.50. The van der Waals surface area contributed by atoms with E-state index in [0.29, 0.717) is 5.41 Å². The molecule has 1 heterocycles. The third-order valence-corrected chi connectivity index (χ3v) is 5.04. The van der Waals surface area contributed by atoms with E-state index < -0.39 is 0 Å². The highest BCUT2D eigenvalue weighted by molar-refractivity contribution is 7.99. The molecular weight excluding hydrogens is 188 g/mol. The second-order valence-corrected chi connectivity index (χ2v) is 5.30. The first-order valence-corrected chi connectivity index (χ1v) is 6.49. The number of rotatable bonds is 2. The van der Waals surface area contributed by atoms with Gasteiger partial charge < -0.3 is 0 Å². The predicted octanol–water partition coefficient (Wildman–Crippen LogP) is 4.14. The standard InChI is InChI=1S/C13H18S/c1-3-13(4-2)9-11-7-5-6-8-12(11)14-10-13/h5-8H,3-4,9-10H2,1-2H3. The zero-order valence-corrected chi connectivity index (χ0v) is 9.86. The fourth-order valence-electron chi connectivity index (χ4n) is 2.18. The summed E-state index contributed by atoms with van der Waals surface area (Å²) >= 11 is 2.04. The second kappa shape index (κ2) is 3.98. The van der Waals surface area contributed by atoms with E-state index in [1.54, 1.807) is 5.56 Å². The topological polar surface area (TPSA) is 0 Å². The van der Waals surface area contributed by atoms with Crippen LogP contribution in [0.5, 0.6) is 0 Å². The maximum Gasteiger partial charge on any atom is 0.0104 e. The maximum atomic E-state index is 2.33. The summed E-state index contributed by atoms with van der Waals surface area (Å²) in [6.45, 7) is 4.66. The lowest BCUT2D eigenvalue weighted by atomic mass is 9.78. The van der Waals surface area contributed by atoms with Crippen molar-refractivity contribution in [2.45, 2.75) is 38.0 Å². The Morgan fingerprint density at radius 2 is 1.93 bits per heavy atom. The smallest absolute Gasteiger partial charge is 0.0104 e. The molecule has 0 radical (unpaired) electrons. The number of benzene rings is 1. The lowest BCUT2D eigenvalue weighted by Crippen LogP contribution is -2.28. The zero-order chi connectivity index (χ0) is 10.0. The van der Waals surface area contributed by atoms with Crippen LogP contribution in [-0.2, 0) is 6.42 Å². The molecule has 14 heavy (non-hydrogen) atoms.